The SMILES string of the molecule is CN[C@H]1CN=C(/C(=C\N)S(N)(=O)=NC(=O)Nc2c(C(C)C)cc(F)cc2C(C)C)OC1. The number of carbonyl (C=O) groups excluding carboxylic acids is 1. The molecule has 2 atom stereocenters. The minimum Gasteiger partial charge on any atom is -0.475 e. The molecule has 0 spiro atoms. The number of benzene rings is 1. The zero-order chi connectivity index (χ0) is 23.3. The highest BCUT2D eigenvalue weighted by Crippen LogP contribution is 2.33. The number of halogens is 1. The third-order valence-electron chi connectivity index (χ3n) is 4.82. The third kappa shape index (κ3) is 6.02. The van der Waals surface area contributed by atoms with Gasteiger partial charge in [-0.1, -0.05) is 27.7 Å². The molecule has 0 saturated carbocycles. The number of amides is 2. The lowest BCUT2D eigenvalue weighted by molar-refractivity contribution is 0.244. The Morgan fingerprint density at radius 2 is 1.90 bits per heavy atom. The molecule has 0 radical (unpaired) electrons. The molecular weight excluding hydrogens is 423 g/mol. The van der Waals surface area contributed by atoms with E-state index < -0.39 is 21.8 Å². The lowest BCUT2D eigenvalue weighted by atomic mass is 9.92. The largest absolute Gasteiger partial charge is 0.475 e. The van der Waals surface area contributed by atoms with Crippen LogP contribution in [0.15, 0.2) is 32.6 Å². The second kappa shape index (κ2) is 10.2. The number of nitrogens with zero attached hydrogens (tertiary/aromatic N) is 2. The molecule has 9 nitrogen and oxygen atoms in total. The number of nitrogens with one attached hydrogen (secondary N) is 2. The molecule has 172 valence electrons. The maximum absolute atomic E-state index is 14.1. The Morgan fingerprint density at radius 3 is 2.32 bits per heavy atom. The smallest absolute Gasteiger partial charge is 0.354 e. The highest BCUT2D eigenvalue weighted by Gasteiger charge is 2.25. The number of aliphatic imine (C=N–C) groups is 1. The zero-order valence-electron chi connectivity index (χ0n) is 18.4. The second-order valence-electron chi connectivity index (χ2n) is 7.83. The van der Waals surface area contributed by atoms with Crippen molar-refractivity contribution >= 4 is 27.5 Å². The van der Waals surface area contributed by atoms with Crippen molar-refractivity contribution in [2.75, 3.05) is 25.5 Å². The van der Waals surface area contributed by atoms with Gasteiger partial charge >= 0.3 is 6.03 Å². The van der Waals surface area contributed by atoms with Gasteiger partial charge in [0.15, 0.2) is 9.92 Å². The van der Waals surface area contributed by atoms with Crippen molar-refractivity contribution in [1.82, 2.24) is 5.32 Å². The van der Waals surface area contributed by atoms with Crippen LogP contribution >= 0.6 is 0 Å². The Morgan fingerprint density at radius 1 is 1.32 bits per heavy atom. The first-order valence-electron chi connectivity index (χ1n) is 9.96. The lowest BCUT2D eigenvalue weighted by Gasteiger charge is -2.23. The summed E-state index contributed by atoms with van der Waals surface area (Å²) in [6.07, 6.45) is 0.981. The summed E-state index contributed by atoms with van der Waals surface area (Å²) in [5.41, 5.74) is 7.23. The summed E-state index contributed by atoms with van der Waals surface area (Å²) in [5.74, 6) is -0.554. The minimum absolute atomic E-state index is 0.000719. The van der Waals surface area contributed by atoms with Crippen molar-refractivity contribution < 1.29 is 18.1 Å². The molecule has 1 heterocycles. The molecule has 0 saturated heterocycles. The van der Waals surface area contributed by atoms with E-state index in [4.69, 9.17) is 15.6 Å². The zero-order valence-corrected chi connectivity index (χ0v) is 19.3. The van der Waals surface area contributed by atoms with Crippen LogP contribution in [0.4, 0.5) is 14.9 Å². The van der Waals surface area contributed by atoms with Crippen molar-refractivity contribution in [3.8, 4) is 0 Å². The van der Waals surface area contributed by atoms with E-state index >= 15 is 0 Å². The second-order valence-corrected chi connectivity index (χ2v) is 9.59. The maximum atomic E-state index is 14.1. The van der Waals surface area contributed by atoms with Crippen LogP contribution in [-0.4, -0.2) is 42.4 Å². The normalized spacial score (nSPS) is 18.9. The van der Waals surface area contributed by atoms with Gasteiger partial charge in [-0.25, -0.2) is 23.5 Å². The van der Waals surface area contributed by atoms with E-state index in [1.165, 1.54) is 12.1 Å². The van der Waals surface area contributed by atoms with Crippen LogP contribution in [0.3, 0.4) is 0 Å². The van der Waals surface area contributed by atoms with Crippen LogP contribution in [0, 0.1) is 5.82 Å². The standard InChI is InChI=1S/C20H31FN6O3S/c1-11(2)15-6-13(21)7-16(12(3)4)18(15)26-20(28)27-31(23,29)17(8-22)19-25-9-14(24-5)10-30-19/h6-8,11-12,14,24H,9-10,22H2,1-5H3,(H3,23,26,27,28,29)/b17-8+/t14-,31?/m0/s1. The van der Waals surface area contributed by atoms with Crippen LogP contribution in [0.25, 0.3) is 0 Å². The molecule has 1 aliphatic heterocycles. The number of rotatable bonds is 6. The summed E-state index contributed by atoms with van der Waals surface area (Å²) in [6, 6.07) is 1.78. The van der Waals surface area contributed by atoms with Crippen molar-refractivity contribution in [3.05, 3.63) is 40.2 Å². The molecule has 2 rings (SSSR count). The van der Waals surface area contributed by atoms with E-state index in [0.29, 0.717) is 23.4 Å². The Bertz CT molecular complexity index is 983. The fourth-order valence-corrected chi connectivity index (χ4v) is 4.05. The fraction of sp³-hybridized carbons (Fsp3) is 0.500. The quantitative estimate of drug-likeness (QED) is 0.522. The van der Waals surface area contributed by atoms with Gasteiger partial charge < -0.3 is 21.1 Å². The van der Waals surface area contributed by atoms with E-state index in [1.54, 1.807) is 7.05 Å². The third-order valence-corrected chi connectivity index (χ3v) is 6.20. The van der Waals surface area contributed by atoms with Gasteiger partial charge in [0.05, 0.1) is 12.6 Å². The number of nitrogens with two attached hydrogens (primary N) is 2. The van der Waals surface area contributed by atoms with E-state index in [9.17, 15) is 13.4 Å². The maximum Gasteiger partial charge on any atom is 0.354 e. The van der Waals surface area contributed by atoms with Crippen molar-refractivity contribution in [2.24, 2.45) is 20.2 Å². The fourth-order valence-electron chi connectivity index (χ4n) is 3.10. The molecule has 0 aliphatic carbocycles. The van der Waals surface area contributed by atoms with Gasteiger partial charge in [0.2, 0.25) is 5.90 Å². The Labute approximate surface area is 182 Å². The van der Waals surface area contributed by atoms with Crippen molar-refractivity contribution in [1.29, 1.82) is 0 Å². The number of likely N-dealkylation sites (N-methyl/N-ethyl adjacent to an activating group) is 1. The van der Waals surface area contributed by atoms with Gasteiger partial charge in [0.1, 0.15) is 17.3 Å². The lowest BCUT2D eigenvalue weighted by Crippen LogP contribution is -2.39. The first-order valence-corrected chi connectivity index (χ1v) is 11.5. The number of carbonyl (C=O) groups is 1. The molecule has 0 fully saturated rings. The molecule has 1 aliphatic rings. The monoisotopic (exact) mass is 454 g/mol. The van der Waals surface area contributed by atoms with E-state index in [1.807, 2.05) is 27.7 Å². The van der Waals surface area contributed by atoms with Crippen LogP contribution in [0.1, 0.15) is 50.7 Å². The molecule has 2 amide bonds. The van der Waals surface area contributed by atoms with Gasteiger partial charge in [-0.3, -0.25) is 0 Å². The number of anilines is 1. The molecule has 1 aromatic rings. The predicted molar refractivity (Wildman–Crippen MR) is 122 cm³/mol. The van der Waals surface area contributed by atoms with Crippen molar-refractivity contribution in [3.63, 3.8) is 0 Å². The Hall–Kier alpha value is -2.50. The number of ether oxygens (including phenoxy) is 1. The Balaban J connectivity index is 2.40. The average molecular weight is 455 g/mol. The molecular formula is C20H31FN6O3S. The summed E-state index contributed by atoms with van der Waals surface area (Å²) in [6.45, 7) is 8.16. The summed E-state index contributed by atoms with van der Waals surface area (Å²) < 4.78 is 36.3. The molecule has 31 heavy (non-hydrogen) atoms. The molecule has 1 unspecified atom stereocenters. The first kappa shape index (κ1) is 24.8. The summed E-state index contributed by atoms with van der Waals surface area (Å²) in [5, 5.41) is 11.5. The van der Waals surface area contributed by atoms with Gasteiger partial charge in [-0.05, 0) is 42.1 Å². The predicted octanol–water partition coefficient (Wildman–Crippen LogP) is 2.76. The van der Waals surface area contributed by atoms with Gasteiger partial charge in [-0.15, -0.1) is 4.36 Å². The molecule has 11 heteroatoms. The van der Waals surface area contributed by atoms with Gasteiger partial charge in [0, 0.05) is 11.9 Å². The molecule has 6 N–H and O–H groups in total. The number of hydrogen-bond acceptors (Lipinski definition) is 6. The van der Waals surface area contributed by atoms with Crippen LogP contribution < -0.4 is 21.5 Å². The Kier molecular flexibility index (Phi) is 8.15. The van der Waals surface area contributed by atoms with Crippen LogP contribution in [0.2, 0.25) is 0 Å². The van der Waals surface area contributed by atoms with Crippen molar-refractivity contribution in [2.45, 2.75) is 45.6 Å². The van der Waals surface area contributed by atoms with Gasteiger partial charge in [0.25, 0.3) is 0 Å². The molecule has 0 aromatic heterocycles. The van der Waals surface area contributed by atoms with E-state index in [0.717, 1.165) is 6.20 Å². The first-order chi connectivity index (χ1) is 14.5. The van der Waals surface area contributed by atoms with Gasteiger partial charge in [-0.2, -0.15) is 0 Å². The number of hydrogen-bond donors (Lipinski definition) is 4. The van der Waals surface area contributed by atoms with Crippen LogP contribution in [-0.2, 0) is 14.7 Å². The molecule has 1 aromatic carbocycles. The van der Waals surface area contributed by atoms with E-state index in [-0.39, 0.29) is 35.3 Å². The highest BCUT2D eigenvalue weighted by atomic mass is 32.2. The highest BCUT2D eigenvalue weighted by molar-refractivity contribution is 7.96. The van der Waals surface area contributed by atoms with E-state index in [2.05, 4.69) is 20.0 Å². The average Bonchev–Trinajstić information content (AvgIpc) is 2.69. The summed E-state index contributed by atoms with van der Waals surface area (Å²) in [7, 11) is -1.97. The summed E-state index contributed by atoms with van der Waals surface area (Å²) in [4.78, 5) is 16.7. The summed E-state index contributed by atoms with van der Waals surface area (Å²) >= 11 is 0. The van der Waals surface area contributed by atoms with Crippen LogP contribution in [0.5, 0.6) is 0 Å². The minimum atomic E-state index is -3.74. The topological polar surface area (TPSA) is 144 Å². The number of urea groups is 1. The molecule has 0 bridgehead atoms.